The molecule has 1 aliphatic carbocycles. The molecule has 14 heteroatoms. The van der Waals surface area contributed by atoms with Crippen molar-refractivity contribution >= 4 is 55.2 Å². The van der Waals surface area contributed by atoms with Gasteiger partial charge < -0.3 is 24.8 Å². The van der Waals surface area contributed by atoms with E-state index in [0.717, 1.165) is 36.1 Å². The van der Waals surface area contributed by atoms with Crippen LogP contribution in [0, 0.1) is 0 Å². The highest BCUT2D eigenvalue weighted by Crippen LogP contribution is 2.39. The number of nitrogens with zero attached hydrogens (tertiary/aromatic N) is 2. The SMILES string of the molecule is O=C(NCCOCCOCCCCCCCl)c1ccc(C(=O)O)c(C2=C3C=CC(=[N+]4CC(F)(F)C4)C=C3[Si]c3cc(N4CC(F)(F)C4)ccc32)c1. The molecule has 2 aromatic carbocycles. The number of carbonyl (C=O) groups is 2. The van der Waals surface area contributed by atoms with Gasteiger partial charge in [0, 0.05) is 42.4 Å². The monoisotopic (exact) mass is 744 g/mol. The second-order valence-electron chi connectivity index (χ2n) is 13.0. The van der Waals surface area contributed by atoms with Crippen LogP contribution in [0.1, 0.15) is 57.5 Å². The Labute approximate surface area is 301 Å². The summed E-state index contributed by atoms with van der Waals surface area (Å²) in [7, 11) is 0.0552. The summed E-state index contributed by atoms with van der Waals surface area (Å²) in [5.74, 6) is -6.46. The molecule has 0 atom stereocenters. The standard InChI is InChI=1S/C37H38ClF4N3O5Si/c38-11-3-1-2-4-13-49-15-16-50-14-12-43-34(46)24-5-8-27(35(47)48)30(17-24)33-28-9-6-25(44-20-36(39,40)21-44)18-31(28)51-32-19-26(7-10-29(32)33)45-22-37(41,42)23-45/h5-10,17-19H,1-4,11-16,20-23H2,(H-,43,46,47,48)/p+1. The number of halogens is 5. The van der Waals surface area contributed by atoms with Gasteiger partial charge in [0.1, 0.15) is 9.52 Å². The largest absolute Gasteiger partial charge is 0.478 e. The van der Waals surface area contributed by atoms with Gasteiger partial charge in [-0.1, -0.05) is 18.9 Å². The van der Waals surface area contributed by atoms with Gasteiger partial charge in [0.25, 0.3) is 11.8 Å². The van der Waals surface area contributed by atoms with Crippen LogP contribution in [0.15, 0.2) is 65.4 Å². The molecule has 51 heavy (non-hydrogen) atoms. The fourth-order valence-electron chi connectivity index (χ4n) is 6.46. The number of carbonyl (C=O) groups excluding carboxylic acids is 1. The molecule has 2 aromatic rings. The van der Waals surface area contributed by atoms with E-state index in [0.29, 0.717) is 59.4 Å². The topological polar surface area (TPSA) is 91.1 Å². The summed E-state index contributed by atoms with van der Waals surface area (Å²) in [4.78, 5) is 27.4. The molecule has 2 saturated heterocycles. The highest BCUT2D eigenvalue weighted by Gasteiger charge is 2.51. The number of hydrogen-bond acceptors (Lipinski definition) is 5. The first-order chi connectivity index (χ1) is 24.4. The maximum Gasteiger partial charge on any atom is 0.361 e. The highest BCUT2D eigenvalue weighted by atomic mass is 35.5. The first-order valence-electron chi connectivity index (χ1n) is 17.0. The van der Waals surface area contributed by atoms with E-state index in [2.05, 4.69) is 5.32 Å². The summed E-state index contributed by atoms with van der Waals surface area (Å²) in [5.41, 5.74) is 3.76. The number of hydrogen-bond donors (Lipinski definition) is 2. The zero-order valence-electron chi connectivity index (χ0n) is 28.0. The van der Waals surface area contributed by atoms with Gasteiger partial charge in [0.05, 0.1) is 38.5 Å². The lowest BCUT2D eigenvalue weighted by atomic mass is 9.86. The van der Waals surface area contributed by atoms with Crippen LogP contribution in [-0.2, 0) is 9.47 Å². The van der Waals surface area contributed by atoms with Gasteiger partial charge in [-0.05, 0) is 81.9 Å². The number of nitrogens with one attached hydrogen (secondary N) is 1. The highest BCUT2D eigenvalue weighted by molar-refractivity contribution is 6.65. The van der Waals surface area contributed by atoms with E-state index >= 15 is 0 Å². The molecule has 0 saturated carbocycles. The molecule has 3 heterocycles. The number of rotatable bonds is 16. The minimum absolute atomic E-state index is 0.0241. The van der Waals surface area contributed by atoms with Crippen LogP contribution in [-0.4, -0.2) is 114 Å². The summed E-state index contributed by atoms with van der Waals surface area (Å²) in [6.45, 7) is 0.389. The molecule has 2 radical (unpaired) electrons. The molecule has 1 amide bonds. The van der Waals surface area contributed by atoms with E-state index in [1.165, 1.54) is 12.1 Å². The van der Waals surface area contributed by atoms with Gasteiger partial charge in [-0.3, -0.25) is 4.79 Å². The van der Waals surface area contributed by atoms with E-state index in [9.17, 15) is 32.3 Å². The number of amides is 1. The van der Waals surface area contributed by atoms with Crippen molar-refractivity contribution in [3.63, 3.8) is 0 Å². The Morgan fingerprint density at radius 3 is 2.35 bits per heavy atom. The van der Waals surface area contributed by atoms with Crippen LogP contribution in [0.5, 0.6) is 0 Å². The molecule has 2 fully saturated rings. The van der Waals surface area contributed by atoms with Crippen LogP contribution in [0.4, 0.5) is 23.2 Å². The van der Waals surface area contributed by atoms with Gasteiger partial charge in [-0.2, -0.15) is 8.78 Å². The smallest absolute Gasteiger partial charge is 0.361 e. The molecule has 270 valence electrons. The Morgan fingerprint density at radius 2 is 1.65 bits per heavy atom. The average molecular weight is 745 g/mol. The average Bonchev–Trinajstić information content (AvgIpc) is 3.08. The second kappa shape index (κ2) is 15.8. The van der Waals surface area contributed by atoms with E-state index in [-0.39, 0.29) is 33.8 Å². The molecule has 2 N–H and O–H groups in total. The Hall–Kier alpha value is -3.78. The van der Waals surface area contributed by atoms with Crippen molar-refractivity contribution in [2.45, 2.75) is 37.5 Å². The fourth-order valence-corrected chi connectivity index (χ4v) is 8.07. The van der Waals surface area contributed by atoms with E-state index in [4.69, 9.17) is 21.1 Å². The number of ether oxygens (including phenoxy) is 2. The summed E-state index contributed by atoms with van der Waals surface area (Å²) in [6, 6.07) is 9.78. The zero-order valence-corrected chi connectivity index (χ0v) is 29.7. The molecular formula is C37H39ClF4N3O5Si+. The van der Waals surface area contributed by atoms with Crippen molar-refractivity contribution in [2.24, 2.45) is 0 Å². The number of aromatic carboxylic acids is 1. The van der Waals surface area contributed by atoms with E-state index < -0.39 is 49.9 Å². The molecule has 6 rings (SSSR count). The normalized spacial score (nSPS) is 18.5. The molecule has 0 bridgehead atoms. The molecule has 0 unspecified atom stereocenters. The predicted octanol–water partition coefficient (Wildman–Crippen LogP) is 5.10. The Balaban J connectivity index is 1.21. The third-order valence-corrected chi connectivity index (χ3v) is 10.7. The zero-order chi connectivity index (χ0) is 36.2. The number of benzene rings is 2. The molecule has 0 spiro atoms. The predicted molar refractivity (Wildman–Crippen MR) is 189 cm³/mol. The number of carboxylic acid groups (broad SMARTS) is 1. The summed E-state index contributed by atoms with van der Waals surface area (Å²) < 4.78 is 67.7. The number of allylic oxidation sites excluding steroid dienone is 5. The lowest BCUT2D eigenvalue weighted by Gasteiger charge is -2.41. The van der Waals surface area contributed by atoms with Crippen molar-refractivity contribution in [3.8, 4) is 0 Å². The van der Waals surface area contributed by atoms with Crippen LogP contribution in [0.3, 0.4) is 0 Å². The maximum absolute atomic E-state index is 13.7. The maximum atomic E-state index is 13.7. The molecule has 0 aromatic heterocycles. The third-order valence-electron chi connectivity index (χ3n) is 9.09. The molecule has 4 aliphatic rings. The summed E-state index contributed by atoms with van der Waals surface area (Å²) >= 11 is 5.69. The number of unbranched alkanes of at least 4 members (excludes halogenated alkanes) is 3. The van der Waals surface area contributed by atoms with Gasteiger partial charge in [0.15, 0.2) is 5.71 Å². The number of fused-ring (bicyclic) bond motifs is 2. The van der Waals surface area contributed by atoms with Gasteiger partial charge >= 0.3 is 11.9 Å². The number of anilines is 1. The van der Waals surface area contributed by atoms with E-state index in [1.54, 1.807) is 39.8 Å². The van der Waals surface area contributed by atoms with Crippen LogP contribution < -0.4 is 15.4 Å². The van der Waals surface area contributed by atoms with Crippen molar-refractivity contribution in [1.29, 1.82) is 0 Å². The minimum Gasteiger partial charge on any atom is -0.478 e. The molecule has 8 nitrogen and oxygen atoms in total. The van der Waals surface area contributed by atoms with E-state index in [1.807, 2.05) is 12.1 Å². The lowest BCUT2D eigenvalue weighted by molar-refractivity contribution is -0.638. The minimum atomic E-state index is -2.77. The van der Waals surface area contributed by atoms with Crippen molar-refractivity contribution in [2.75, 3.05) is 69.9 Å². The molecule has 3 aliphatic heterocycles. The van der Waals surface area contributed by atoms with Gasteiger partial charge in [-0.15, -0.1) is 11.6 Å². The quantitative estimate of drug-likeness (QED) is 0.0818. The van der Waals surface area contributed by atoms with Crippen molar-refractivity contribution in [3.05, 3.63) is 87.6 Å². The first-order valence-corrected chi connectivity index (χ1v) is 18.5. The van der Waals surface area contributed by atoms with Crippen LogP contribution in [0.2, 0.25) is 0 Å². The lowest BCUT2D eigenvalue weighted by Crippen LogP contribution is -2.56. The first kappa shape index (κ1) is 37.0. The van der Waals surface area contributed by atoms with Crippen molar-refractivity contribution in [1.82, 2.24) is 5.32 Å². The summed E-state index contributed by atoms with van der Waals surface area (Å²) in [5, 5.41) is 14.7. The Morgan fingerprint density at radius 1 is 0.902 bits per heavy atom. The van der Waals surface area contributed by atoms with Crippen molar-refractivity contribution < 1.29 is 46.3 Å². The number of carboxylic acids is 1. The van der Waals surface area contributed by atoms with Gasteiger partial charge in [0.2, 0.25) is 13.1 Å². The molecular weight excluding hydrogens is 706 g/mol. The van der Waals surface area contributed by atoms with Crippen LogP contribution in [0.25, 0.3) is 5.57 Å². The third kappa shape index (κ3) is 8.82. The fraction of sp³-hybridized carbons (Fsp3) is 0.432. The Bertz CT molecular complexity index is 1790. The summed E-state index contributed by atoms with van der Waals surface area (Å²) in [6.07, 6.45) is 9.50. The van der Waals surface area contributed by atoms with Crippen LogP contribution >= 0.6 is 11.6 Å². The number of alkyl halides is 5. The second-order valence-corrected chi connectivity index (χ2v) is 14.7. The Kier molecular flexibility index (Phi) is 11.5. The van der Waals surface area contributed by atoms with Gasteiger partial charge in [-0.25, -0.2) is 18.2 Å².